The van der Waals surface area contributed by atoms with Crippen LogP contribution in [0, 0.1) is 0 Å². The van der Waals surface area contributed by atoms with Crippen LogP contribution in [0.15, 0.2) is 24.4 Å². The summed E-state index contributed by atoms with van der Waals surface area (Å²) in [6.45, 7) is 3.07. The number of benzene rings is 1. The minimum absolute atomic E-state index is 0.0126. The first-order valence-electron chi connectivity index (χ1n) is 7.60. The van der Waals surface area contributed by atoms with Gasteiger partial charge in [0.1, 0.15) is 5.25 Å². The number of hydrogen-bond donors (Lipinski definition) is 3. The van der Waals surface area contributed by atoms with Crippen molar-refractivity contribution in [2.75, 3.05) is 6.54 Å². The molecule has 114 valence electrons. The van der Waals surface area contributed by atoms with E-state index in [-0.39, 0.29) is 5.25 Å². The Kier molecular flexibility index (Phi) is 4.54. The van der Waals surface area contributed by atoms with Crippen molar-refractivity contribution in [2.45, 2.75) is 43.9 Å². The topological polar surface area (TPSA) is 76.9 Å². The molecular formula is C16H23N3OS. The molecule has 3 unspecified atom stereocenters. The maximum Gasteiger partial charge on any atom is 0.136 e. The van der Waals surface area contributed by atoms with Crippen LogP contribution in [0.25, 0.3) is 10.9 Å². The third-order valence-electron chi connectivity index (χ3n) is 4.38. The normalized spacial score (nSPS) is 21.8. The molecule has 4 N–H and O–H groups in total. The van der Waals surface area contributed by atoms with Crippen LogP contribution in [-0.4, -0.2) is 27.4 Å². The predicted octanol–water partition coefficient (Wildman–Crippen LogP) is 2.02. The van der Waals surface area contributed by atoms with Gasteiger partial charge in [-0.15, -0.1) is 0 Å². The monoisotopic (exact) mass is 305 g/mol. The number of aromatic nitrogens is 1. The van der Waals surface area contributed by atoms with Gasteiger partial charge in [0, 0.05) is 40.9 Å². The number of rotatable bonds is 5. The summed E-state index contributed by atoms with van der Waals surface area (Å²) in [7, 11) is 0. The van der Waals surface area contributed by atoms with Crippen molar-refractivity contribution in [1.29, 1.82) is 0 Å². The van der Waals surface area contributed by atoms with E-state index in [0.29, 0.717) is 6.04 Å². The van der Waals surface area contributed by atoms with E-state index in [2.05, 4.69) is 34.7 Å². The molecule has 1 saturated heterocycles. The van der Waals surface area contributed by atoms with Gasteiger partial charge in [-0.05, 0) is 56.0 Å². The fourth-order valence-electron chi connectivity index (χ4n) is 3.13. The molecule has 1 aliphatic heterocycles. The van der Waals surface area contributed by atoms with E-state index in [1.165, 1.54) is 34.9 Å². The summed E-state index contributed by atoms with van der Waals surface area (Å²) >= 11 is -1.26. The molecule has 3 atom stereocenters. The second-order valence-electron chi connectivity index (χ2n) is 6.03. The first-order valence-corrected chi connectivity index (χ1v) is 8.88. The highest BCUT2D eigenvalue weighted by Crippen LogP contribution is 2.24. The fourth-order valence-corrected chi connectivity index (χ4v) is 3.49. The molecule has 3 rings (SSSR count). The Bertz CT molecular complexity index is 605. The van der Waals surface area contributed by atoms with Gasteiger partial charge < -0.3 is 14.9 Å². The molecule has 4 nitrogen and oxygen atoms in total. The summed E-state index contributed by atoms with van der Waals surface area (Å²) in [6.07, 6.45) is 6.49. The van der Waals surface area contributed by atoms with Crippen molar-refractivity contribution in [3.05, 3.63) is 35.5 Å². The molecule has 21 heavy (non-hydrogen) atoms. The number of nitrogens with one attached hydrogen (secondary N) is 2. The number of hydrogen-bond acceptors (Lipinski definition) is 3. The minimum Gasteiger partial charge on any atom is -0.598 e. The lowest BCUT2D eigenvalue weighted by Gasteiger charge is -2.13. The Morgan fingerprint density at radius 2 is 2.33 bits per heavy atom. The fraction of sp³-hybridized carbons (Fsp3) is 0.500. The average molecular weight is 305 g/mol. The lowest BCUT2D eigenvalue weighted by Crippen LogP contribution is -2.27. The van der Waals surface area contributed by atoms with E-state index in [1.807, 2.05) is 6.92 Å². The molecule has 2 aromatic rings. The van der Waals surface area contributed by atoms with Crippen LogP contribution in [0.4, 0.5) is 0 Å². The first-order chi connectivity index (χ1) is 10.1. The van der Waals surface area contributed by atoms with E-state index in [0.717, 1.165) is 19.4 Å². The Morgan fingerprint density at radius 3 is 3.05 bits per heavy atom. The highest BCUT2D eigenvalue weighted by atomic mass is 32.2. The Morgan fingerprint density at radius 1 is 1.48 bits per heavy atom. The van der Waals surface area contributed by atoms with Gasteiger partial charge in [0.15, 0.2) is 0 Å². The molecule has 0 aliphatic carbocycles. The lowest BCUT2D eigenvalue weighted by atomic mass is 10.0. The van der Waals surface area contributed by atoms with Crippen molar-refractivity contribution in [3.8, 4) is 0 Å². The number of aromatic amines is 1. The molecule has 1 fully saturated rings. The molecule has 5 heteroatoms. The molecule has 0 spiro atoms. The lowest BCUT2D eigenvalue weighted by molar-refractivity contribution is 0.583. The Labute approximate surface area is 128 Å². The maximum atomic E-state index is 11.3. The summed E-state index contributed by atoms with van der Waals surface area (Å²) < 4.78 is 11.3. The molecule has 1 aliphatic rings. The van der Waals surface area contributed by atoms with Crippen molar-refractivity contribution in [3.63, 3.8) is 0 Å². The largest absolute Gasteiger partial charge is 0.598 e. The summed E-state index contributed by atoms with van der Waals surface area (Å²) in [6, 6.07) is 7.03. The van der Waals surface area contributed by atoms with Crippen molar-refractivity contribution < 1.29 is 4.55 Å². The smallest absolute Gasteiger partial charge is 0.136 e. The van der Waals surface area contributed by atoms with Crippen molar-refractivity contribution in [2.24, 2.45) is 5.14 Å². The van der Waals surface area contributed by atoms with Crippen molar-refractivity contribution >= 4 is 22.3 Å². The van der Waals surface area contributed by atoms with Gasteiger partial charge in [0.2, 0.25) is 0 Å². The standard InChI is InChI=1S/C16H23N3OS/c1-11(21(17)20)7-12-4-5-16-15(8-12)13(10-19-16)9-14-3-2-6-18-14/h4-5,8,10-11,14,18-19H,2-3,6-7,9,17H2,1H3. The summed E-state index contributed by atoms with van der Waals surface area (Å²) in [5.74, 6) is 0. The Hall–Kier alpha value is -1.01. The van der Waals surface area contributed by atoms with Gasteiger partial charge in [-0.3, -0.25) is 0 Å². The number of H-pyrrole nitrogens is 1. The van der Waals surface area contributed by atoms with Crippen molar-refractivity contribution in [1.82, 2.24) is 10.3 Å². The van der Waals surface area contributed by atoms with Gasteiger partial charge >= 0.3 is 0 Å². The first kappa shape index (κ1) is 14.9. The van der Waals surface area contributed by atoms with Gasteiger partial charge in [-0.25, -0.2) is 0 Å². The van der Waals surface area contributed by atoms with Crippen LogP contribution in [-0.2, 0) is 24.2 Å². The summed E-state index contributed by atoms with van der Waals surface area (Å²) in [5.41, 5.74) is 3.75. The predicted molar refractivity (Wildman–Crippen MR) is 88.5 cm³/mol. The van der Waals surface area contributed by atoms with Crippen LogP contribution in [0.5, 0.6) is 0 Å². The zero-order valence-electron chi connectivity index (χ0n) is 12.4. The number of fused-ring (bicyclic) bond motifs is 1. The molecule has 1 aromatic heterocycles. The van der Waals surface area contributed by atoms with Crippen LogP contribution >= 0.6 is 0 Å². The molecule has 0 bridgehead atoms. The molecule has 0 radical (unpaired) electrons. The zero-order valence-corrected chi connectivity index (χ0v) is 13.2. The summed E-state index contributed by atoms with van der Waals surface area (Å²) in [5, 5.41) is 10.3. The SMILES string of the molecule is CC(Cc1ccc2[nH]cc(CC3CCCN3)c2c1)[S+](N)[O-]. The van der Waals surface area contributed by atoms with Crippen LogP contribution in [0.3, 0.4) is 0 Å². The van der Waals surface area contributed by atoms with Gasteiger partial charge in [0.25, 0.3) is 0 Å². The van der Waals surface area contributed by atoms with Crippen LogP contribution < -0.4 is 10.5 Å². The molecule has 0 amide bonds. The van der Waals surface area contributed by atoms with Gasteiger partial charge in [-0.1, -0.05) is 6.07 Å². The molecule has 1 aromatic carbocycles. The van der Waals surface area contributed by atoms with Crippen LogP contribution in [0.2, 0.25) is 0 Å². The van der Waals surface area contributed by atoms with E-state index in [9.17, 15) is 4.55 Å². The quantitative estimate of drug-likeness (QED) is 0.740. The molecule has 2 heterocycles. The van der Waals surface area contributed by atoms with E-state index in [1.54, 1.807) is 0 Å². The minimum atomic E-state index is -1.26. The molecular weight excluding hydrogens is 282 g/mol. The maximum absolute atomic E-state index is 11.3. The van der Waals surface area contributed by atoms with Gasteiger partial charge in [0.05, 0.1) is 0 Å². The van der Waals surface area contributed by atoms with E-state index >= 15 is 0 Å². The van der Waals surface area contributed by atoms with Crippen LogP contribution in [0.1, 0.15) is 30.9 Å². The van der Waals surface area contributed by atoms with E-state index < -0.39 is 11.4 Å². The second-order valence-corrected chi connectivity index (χ2v) is 7.50. The summed E-state index contributed by atoms with van der Waals surface area (Å²) in [4.78, 5) is 3.35. The highest BCUT2D eigenvalue weighted by Gasteiger charge is 2.18. The third kappa shape index (κ3) is 3.43. The second kappa shape index (κ2) is 6.40. The average Bonchev–Trinajstić information content (AvgIpc) is 3.09. The molecule has 0 saturated carbocycles. The third-order valence-corrected chi connectivity index (χ3v) is 5.34. The number of nitrogens with two attached hydrogens (primary N) is 1. The Balaban J connectivity index is 1.81. The highest BCUT2D eigenvalue weighted by molar-refractivity contribution is 7.89. The van der Waals surface area contributed by atoms with Gasteiger partial charge in [-0.2, -0.15) is 5.14 Å². The zero-order chi connectivity index (χ0) is 14.8. The van der Waals surface area contributed by atoms with E-state index in [4.69, 9.17) is 5.14 Å².